The summed E-state index contributed by atoms with van der Waals surface area (Å²) in [4.78, 5) is 54.9. The topological polar surface area (TPSA) is 239 Å². The molecule has 0 unspecified atom stereocenters. The zero-order valence-corrected chi connectivity index (χ0v) is 14.4. The first-order valence-corrected chi connectivity index (χ1v) is 7.60. The lowest BCUT2D eigenvalue weighted by Crippen LogP contribution is -2.17. The van der Waals surface area contributed by atoms with Gasteiger partial charge < -0.3 is 25.5 Å². The van der Waals surface area contributed by atoms with Crippen LogP contribution >= 0.6 is 0 Å². The first-order valence-electron chi connectivity index (χ1n) is 7.60. The van der Waals surface area contributed by atoms with Crippen molar-refractivity contribution in [3.8, 4) is 23.0 Å². The summed E-state index contributed by atoms with van der Waals surface area (Å²) in [5.41, 5.74) is -4.61. The van der Waals surface area contributed by atoms with Crippen molar-refractivity contribution in [1.82, 2.24) is 0 Å². The van der Waals surface area contributed by atoms with E-state index in [1.54, 1.807) is 0 Å². The number of Topliss-reactive ketones (excluding diaryl/α,β-unsaturated/α-hetero) is 2. The van der Waals surface area contributed by atoms with Crippen LogP contribution in [0.3, 0.4) is 0 Å². The van der Waals surface area contributed by atoms with Crippen LogP contribution in [0.5, 0.6) is 23.0 Å². The van der Waals surface area contributed by atoms with Crippen molar-refractivity contribution in [2.45, 2.75) is 6.42 Å². The standard InChI is InChI=1S/C16H10N2O12/c19-10(5-1-8(17(27)28)14(23)11(20)2-5)4-7-6(13(22)16(25)26)3-9(18(29)30)15(24)12(7)21/h1-3,20-21,23-24H,4H2,(H,25,26). The number of nitro groups is 2. The first kappa shape index (κ1) is 21.5. The van der Waals surface area contributed by atoms with E-state index in [2.05, 4.69) is 0 Å². The largest absolute Gasteiger partial charge is 0.504 e. The molecule has 0 fully saturated rings. The molecule has 0 heterocycles. The number of nitro benzene ring substituents is 2. The number of carboxylic acid groups (broad SMARTS) is 1. The van der Waals surface area contributed by atoms with E-state index in [1.165, 1.54) is 0 Å². The molecular formula is C16H10N2O12. The van der Waals surface area contributed by atoms with Gasteiger partial charge in [-0.25, -0.2) is 4.79 Å². The molecular weight excluding hydrogens is 412 g/mol. The zero-order valence-electron chi connectivity index (χ0n) is 14.4. The Bertz CT molecular complexity index is 1140. The number of phenols is 4. The van der Waals surface area contributed by atoms with Gasteiger partial charge in [-0.2, -0.15) is 0 Å². The van der Waals surface area contributed by atoms with Gasteiger partial charge in [-0.1, -0.05) is 0 Å². The second-order valence-corrected chi connectivity index (χ2v) is 5.73. The Morgan fingerprint density at radius 3 is 1.87 bits per heavy atom. The van der Waals surface area contributed by atoms with Gasteiger partial charge in [0.15, 0.2) is 17.3 Å². The summed E-state index contributed by atoms with van der Waals surface area (Å²) in [5.74, 6) is -9.78. The Balaban J connectivity index is 2.65. The Morgan fingerprint density at radius 1 is 0.833 bits per heavy atom. The quantitative estimate of drug-likeness (QED) is 0.138. The minimum atomic E-state index is -2.08. The van der Waals surface area contributed by atoms with Crippen LogP contribution in [0, 0.1) is 20.2 Å². The summed E-state index contributed by atoms with van der Waals surface area (Å²) in [6, 6.07) is 1.55. The maximum atomic E-state index is 12.5. The molecule has 14 nitrogen and oxygen atoms in total. The second kappa shape index (κ2) is 7.70. The molecule has 2 rings (SSSR count). The predicted molar refractivity (Wildman–Crippen MR) is 92.9 cm³/mol. The number of nitrogens with zero attached hydrogens (tertiary/aromatic N) is 2. The molecule has 0 saturated carbocycles. The van der Waals surface area contributed by atoms with Gasteiger partial charge in [0.1, 0.15) is 0 Å². The molecule has 2 aromatic rings. The van der Waals surface area contributed by atoms with Crippen LogP contribution in [0.4, 0.5) is 11.4 Å². The van der Waals surface area contributed by atoms with Gasteiger partial charge in [-0.05, 0) is 6.07 Å². The van der Waals surface area contributed by atoms with Gasteiger partial charge in [0.2, 0.25) is 11.5 Å². The third-order valence-electron chi connectivity index (χ3n) is 3.92. The van der Waals surface area contributed by atoms with Crippen LogP contribution in [0.2, 0.25) is 0 Å². The highest BCUT2D eigenvalue weighted by atomic mass is 16.6. The monoisotopic (exact) mass is 422 g/mol. The van der Waals surface area contributed by atoms with E-state index < -0.39 is 84.9 Å². The SMILES string of the molecule is O=C(O)C(=O)c1cc([N+](=O)[O-])c(O)c(O)c1CC(=O)c1cc(O)c(O)c([N+](=O)[O-])c1. The number of ketones is 2. The molecule has 0 aliphatic carbocycles. The number of aliphatic carboxylic acids is 1. The molecule has 2 aromatic carbocycles. The Labute approximate surface area is 164 Å². The number of carboxylic acids is 1. The normalized spacial score (nSPS) is 10.4. The third kappa shape index (κ3) is 3.77. The molecule has 156 valence electrons. The maximum Gasteiger partial charge on any atom is 0.377 e. The molecule has 5 N–H and O–H groups in total. The van der Waals surface area contributed by atoms with E-state index in [4.69, 9.17) is 5.11 Å². The fourth-order valence-electron chi connectivity index (χ4n) is 2.49. The van der Waals surface area contributed by atoms with E-state index in [-0.39, 0.29) is 0 Å². The van der Waals surface area contributed by atoms with Crippen molar-refractivity contribution >= 4 is 28.9 Å². The Hall–Kier alpha value is -4.75. The number of aromatic hydroxyl groups is 4. The molecule has 0 aromatic heterocycles. The lowest BCUT2D eigenvalue weighted by molar-refractivity contribution is -0.386. The average molecular weight is 422 g/mol. The van der Waals surface area contributed by atoms with Gasteiger partial charge in [0, 0.05) is 35.2 Å². The minimum Gasteiger partial charge on any atom is -0.504 e. The van der Waals surface area contributed by atoms with Gasteiger partial charge >= 0.3 is 17.3 Å². The van der Waals surface area contributed by atoms with E-state index in [0.29, 0.717) is 18.2 Å². The molecule has 0 atom stereocenters. The van der Waals surface area contributed by atoms with Crippen molar-refractivity contribution in [2.24, 2.45) is 0 Å². The number of phenolic OH excluding ortho intramolecular Hbond substituents is 4. The molecule has 0 bridgehead atoms. The van der Waals surface area contributed by atoms with E-state index in [0.717, 1.165) is 0 Å². The molecule has 0 radical (unpaired) electrons. The summed E-state index contributed by atoms with van der Waals surface area (Å²) in [6.45, 7) is 0. The summed E-state index contributed by atoms with van der Waals surface area (Å²) >= 11 is 0. The average Bonchev–Trinajstić information content (AvgIpc) is 2.66. The second-order valence-electron chi connectivity index (χ2n) is 5.73. The third-order valence-corrected chi connectivity index (χ3v) is 3.92. The number of rotatable bonds is 7. The summed E-state index contributed by atoms with van der Waals surface area (Å²) < 4.78 is 0. The Kier molecular flexibility index (Phi) is 5.53. The lowest BCUT2D eigenvalue weighted by atomic mass is 9.94. The smallest absolute Gasteiger partial charge is 0.377 e. The van der Waals surface area contributed by atoms with Gasteiger partial charge in [0.05, 0.1) is 9.85 Å². The van der Waals surface area contributed by atoms with Crippen LogP contribution in [0.25, 0.3) is 0 Å². The summed E-state index contributed by atoms with van der Waals surface area (Å²) in [6.07, 6.45) is -1.05. The number of hydrogen-bond donors (Lipinski definition) is 5. The van der Waals surface area contributed by atoms with Gasteiger partial charge in [-0.3, -0.25) is 29.8 Å². The van der Waals surface area contributed by atoms with E-state index in [9.17, 15) is 55.0 Å². The molecule has 0 aliphatic rings. The summed E-state index contributed by atoms with van der Waals surface area (Å²) in [7, 11) is 0. The summed E-state index contributed by atoms with van der Waals surface area (Å²) in [5, 5.41) is 69.5. The van der Waals surface area contributed by atoms with E-state index >= 15 is 0 Å². The maximum absolute atomic E-state index is 12.5. The van der Waals surface area contributed by atoms with Crippen LogP contribution in [0.15, 0.2) is 18.2 Å². The van der Waals surface area contributed by atoms with Crippen molar-refractivity contribution in [3.63, 3.8) is 0 Å². The van der Waals surface area contributed by atoms with Gasteiger partial charge in [-0.15, -0.1) is 0 Å². The van der Waals surface area contributed by atoms with Crippen LogP contribution in [0.1, 0.15) is 26.3 Å². The van der Waals surface area contributed by atoms with Crippen molar-refractivity contribution < 1.29 is 49.8 Å². The van der Waals surface area contributed by atoms with Crippen LogP contribution in [-0.4, -0.2) is 52.9 Å². The van der Waals surface area contributed by atoms with Crippen LogP contribution < -0.4 is 0 Å². The fourth-order valence-corrected chi connectivity index (χ4v) is 2.49. The minimum absolute atomic E-state index is 0.352. The predicted octanol–water partition coefficient (Wildman–Crippen LogP) is 1.02. The molecule has 0 amide bonds. The zero-order chi connectivity index (χ0) is 22.9. The first-order chi connectivity index (χ1) is 13.9. The van der Waals surface area contributed by atoms with Crippen molar-refractivity contribution in [1.29, 1.82) is 0 Å². The number of benzene rings is 2. The highest BCUT2D eigenvalue weighted by Gasteiger charge is 2.31. The fraction of sp³-hybridized carbons (Fsp3) is 0.0625. The van der Waals surface area contributed by atoms with Gasteiger partial charge in [0.25, 0.3) is 5.78 Å². The van der Waals surface area contributed by atoms with Crippen molar-refractivity contribution in [2.75, 3.05) is 0 Å². The van der Waals surface area contributed by atoms with Crippen molar-refractivity contribution in [3.05, 3.63) is 55.1 Å². The highest BCUT2D eigenvalue weighted by Crippen LogP contribution is 2.41. The molecule has 30 heavy (non-hydrogen) atoms. The molecule has 14 heteroatoms. The number of hydrogen-bond acceptors (Lipinski definition) is 11. The highest BCUT2D eigenvalue weighted by molar-refractivity contribution is 6.40. The number of carbonyl (C=O) groups excluding carboxylic acids is 2. The Morgan fingerprint density at radius 2 is 1.37 bits per heavy atom. The molecule has 0 saturated heterocycles. The molecule has 0 aliphatic heterocycles. The van der Waals surface area contributed by atoms with Crippen LogP contribution in [-0.2, 0) is 11.2 Å². The van der Waals surface area contributed by atoms with E-state index in [1.807, 2.05) is 0 Å². The molecule has 0 spiro atoms. The lowest BCUT2D eigenvalue weighted by Gasteiger charge is -2.11. The number of carbonyl (C=O) groups is 3.